The molecule has 0 amide bonds. The Bertz CT molecular complexity index is 507. The van der Waals surface area contributed by atoms with Crippen molar-refractivity contribution in [3.8, 4) is 0 Å². The Morgan fingerprint density at radius 2 is 2.00 bits per heavy atom. The first-order valence-electron chi connectivity index (χ1n) is 7.27. The number of nitro groups is 1. The first-order chi connectivity index (χ1) is 10.0. The fourth-order valence-corrected chi connectivity index (χ4v) is 3.08. The van der Waals surface area contributed by atoms with Gasteiger partial charge in [-0.3, -0.25) is 10.1 Å². The molecular weight excluding hydrogens is 272 g/mol. The summed E-state index contributed by atoms with van der Waals surface area (Å²) in [7, 11) is 0. The van der Waals surface area contributed by atoms with Gasteiger partial charge < -0.3 is 10.7 Å². The van der Waals surface area contributed by atoms with Crippen molar-refractivity contribution in [1.29, 1.82) is 0 Å². The largest absolute Gasteiger partial charge is 0.361 e. The lowest BCUT2D eigenvalue weighted by atomic mass is 9.78. The molecule has 8 heteroatoms. The van der Waals surface area contributed by atoms with Crippen LogP contribution in [0.3, 0.4) is 0 Å². The van der Waals surface area contributed by atoms with Gasteiger partial charge in [0.05, 0.1) is 4.92 Å². The van der Waals surface area contributed by atoms with E-state index in [1.165, 1.54) is 12.7 Å². The summed E-state index contributed by atoms with van der Waals surface area (Å²) in [6.07, 6.45) is 5.74. The zero-order valence-corrected chi connectivity index (χ0v) is 12.4. The minimum Gasteiger partial charge on any atom is -0.361 e. The summed E-state index contributed by atoms with van der Waals surface area (Å²) in [6, 6.07) is 0.193. The van der Waals surface area contributed by atoms with E-state index in [4.69, 9.17) is 5.84 Å². The summed E-state index contributed by atoms with van der Waals surface area (Å²) in [6.45, 7) is 4.37. The van der Waals surface area contributed by atoms with Crippen LogP contribution in [0.4, 0.5) is 17.3 Å². The summed E-state index contributed by atoms with van der Waals surface area (Å²) in [5, 5.41) is 14.5. The SMILES string of the molecule is CC(C)C1CCCCC1Nc1ncnc(NN)c1[N+](=O)[O-]. The first-order valence-corrected chi connectivity index (χ1v) is 7.27. The van der Waals surface area contributed by atoms with Gasteiger partial charge in [-0.15, -0.1) is 0 Å². The molecule has 0 bridgehead atoms. The highest BCUT2D eigenvalue weighted by molar-refractivity contribution is 5.69. The molecule has 2 rings (SSSR count). The van der Waals surface area contributed by atoms with E-state index in [2.05, 4.69) is 34.6 Å². The standard InChI is InChI=1S/C13H22N6O2/c1-8(2)9-5-3-4-6-10(9)17-12-11(19(20)21)13(18-14)16-7-15-12/h7-10H,3-6,14H2,1-2H3,(H2,15,16,17,18). The van der Waals surface area contributed by atoms with Gasteiger partial charge in [-0.05, 0) is 24.7 Å². The van der Waals surface area contributed by atoms with Crippen molar-refractivity contribution in [3.05, 3.63) is 16.4 Å². The van der Waals surface area contributed by atoms with E-state index in [0.717, 1.165) is 19.3 Å². The van der Waals surface area contributed by atoms with Crippen molar-refractivity contribution < 1.29 is 4.92 Å². The van der Waals surface area contributed by atoms with Crippen LogP contribution in [0.5, 0.6) is 0 Å². The molecule has 1 aliphatic rings. The number of nitrogens with zero attached hydrogens (tertiary/aromatic N) is 3. The van der Waals surface area contributed by atoms with Gasteiger partial charge >= 0.3 is 5.69 Å². The highest BCUT2D eigenvalue weighted by Crippen LogP contribution is 2.35. The van der Waals surface area contributed by atoms with E-state index in [9.17, 15) is 10.1 Å². The van der Waals surface area contributed by atoms with E-state index in [0.29, 0.717) is 11.8 Å². The summed E-state index contributed by atoms with van der Waals surface area (Å²) in [5.74, 6) is 6.57. The molecule has 0 spiro atoms. The predicted octanol–water partition coefficient (Wildman–Crippen LogP) is 2.30. The topological polar surface area (TPSA) is 119 Å². The van der Waals surface area contributed by atoms with Gasteiger partial charge in [-0.1, -0.05) is 26.7 Å². The van der Waals surface area contributed by atoms with Gasteiger partial charge in [0, 0.05) is 6.04 Å². The third kappa shape index (κ3) is 3.38. The highest BCUT2D eigenvalue weighted by Gasteiger charge is 2.31. The minimum atomic E-state index is -0.509. The first kappa shape index (κ1) is 15.4. The van der Waals surface area contributed by atoms with Gasteiger partial charge in [0.1, 0.15) is 6.33 Å². The summed E-state index contributed by atoms with van der Waals surface area (Å²) >= 11 is 0. The normalized spacial score (nSPS) is 22.1. The molecule has 0 saturated heterocycles. The fourth-order valence-electron chi connectivity index (χ4n) is 3.08. The number of hydrogen-bond acceptors (Lipinski definition) is 7. The summed E-state index contributed by atoms with van der Waals surface area (Å²) in [5.41, 5.74) is 2.05. The molecule has 4 N–H and O–H groups in total. The fraction of sp³-hybridized carbons (Fsp3) is 0.692. The van der Waals surface area contributed by atoms with Crippen molar-refractivity contribution >= 4 is 17.3 Å². The van der Waals surface area contributed by atoms with Gasteiger partial charge in [0.15, 0.2) is 0 Å². The maximum atomic E-state index is 11.2. The lowest BCUT2D eigenvalue weighted by molar-refractivity contribution is -0.383. The molecule has 2 unspecified atom stereocenters. The van der Waals surface area contributed by atoms with E-state index in [-0.39, 0.29) is 23.4 Å². The number of hydrazine groups is 1. The summed E-state index contributed by atoms with van der Waals surface area (Å²) in [4.78, 5) is 18.6. The van der Waals surface area contributed by atoms with Gasteiger partial charge in [0.2, 0.25) is 11.6 Å². The number of anilines is 2. The second kappa shape index (κ2) is 6.66. The number of nitrogens with two attached hydrogens (primary N) is 1. The third-order valence-electron chi connectivity index (χ3n) is 4.14. The summed E-state index contributed by atoms with van der Waals surface area (Å²) < 4.78 is 0. The van der Waals surface area contributed by atoms with Gasteiger partial charge in [-0.2, -0.15) is 0 Å². The molecule has 1 saturated carbocycles. The quantitative estimate of drug-likeness (QED) is 0.433. The average Bonchev–Trinajstić information content (AvgIpc) is 2.47. The molecule has 116 valence electrons. The van der Waals surface area contributed by atoms with Crippen molar-refractivity contribution in [3.63, 3.8) is 0 Å². The number of nitrogen functional groups attached to an aromatic ring is 1. The molecule has 1 aliphatic carbocycles. The molecule has 21 heavy (non-hydrogen) atoms. The Morgan fingerprint density at radius 3 is 2.62 bits per heavy atom. The minimum absolute atomic E-state index is 0.0226. The maximum Gasteiger partial charge on any atom is 0.354 e. The van der Waals surface area contributed by atoms with Crippen LogP contribution in [0.25, 0.3) is 0 Å². The van der Waals surface area contributed by atoms with E-state index >= 15 is 0 Å². The smallest absolute Gasteiger partial charge is 0.354 e. The molecule has 0 aliphatic heterocycles. The molecule has 8 nitrogen and oxygen atoms in total. The molecule has 0 radical (unpaired) electrons. The van der Waals surface area contributed by atoms with E-state index in [1.807, 2.05) is 0 Å². The number of hydrogen-bond donors (Lipinski definition) is 3. The lowest BCUT2D eigenvalue weighted by Crippen LogP contribution is -2.35. The van der Waals surface area contributed by atoms with Crippen LogP contribution in [0.1, 0.15) is 39.5 Å². The molecule has 2 atom stereocenters. The lowest BCUT2D eigenvalue weighted by Gasteiger charge is -2.35. The molecule has 1 fully saturated rings. The number of aromatic nitrogens is 2. The van der Waals surface area contributed by atoms with Crippen molar-refractivity contribution in [2.75, 3.05) is 10.7 Å². The van der Waals surface area contributed by atoms with Crippen LogP contribution >= 0.6 is 0 Å². The third-order valence-corrected chi connectivity index (χ3v) is 4.14. The zero-order chi connectivity index (χ0) is 15.4. The second-order valence-corrected chi connectivity index (χ2v) is 5.76. The monoisotopic (exact) mass is 294 g/mol. The van der Waals surface area contributed by atoms with Crippen LogP contribution in [-0.4, -0.2) is 20.9 Å². The predicted molar refractivity (Wildman–Crippen MR) is 80.7 cm³/mol. The van der Waals surface area contributed by atoms with Gasteiger partial charge in [-0.25, -0.2) is 15.8 Å². The molecule has 1 heterocycles. The Kier molecular flexibility index (Phi) is 4.89. The van der Waals surface area contributed by atoms with Crippen LogP contribution in [-0.2, 0) is 0 Å². The Balaban J connectivity index is 2.27. The zero-order valence-electron chi connectivity index (χ0n) is 12.4. The van der Waals surface area contributed by atoms with Crippen molar-refractivity contribution in [1.82, 2.24) is 9.97 Å². The number of rotatable bonds is 5. The average molecular weight is 294 g/mol. The number of nitrogens with one attached hydrogen (secondary N) is 2. The van der Waals surface area contributed by atoms with Crippen LogP contribution in [0.2, 0.25) is 0 Å². The van der Waals surface area contributed by atoms with Crippen molar-refractivity contribution in [2.24, 2.45) is 17.7 Å². The molecule has 1 aromatic heterocycles. The Hall–Kier alpha value is -1.96. The Labute approximate surface area is 123 Å². The van der Waals surface area contributed by atoms with E-state index < -0.39 is 4.92 Å². The Morgan fingerprint density at radius 1 is 1.33 bits per heavy atom. The molecule has 0 aromatic carbocycles. The maximum absolute atomic E-state index is 11.2. The van der Waals surface area contributed by atoms with Gasteiger partial charge in [0.25, 0.3) is 0 Å². The highest BCUT2D eigenvalue weighted by atomic mass is 16.6. The second-order valence-electron chi connectivity index (χ2n) is 5.76. The van der Waals surface area contributed by atoms with Crippen molar-refractivity contribution in [2.45, 2.75) is 45.6 Å². The molecular formula is C13H22N6O2. The van der Waals surface area contributed by atoms with Crippen LogP contribution < -0.4 is 16.6 Å². The van der Waals surface area contributed by atoms with Crippen LogP contribution in [0, 0.1) is 22.0 Å². The van der Waals surface area contributed by atoms with E-state index in [1.54, 1.807) is 0 Å². The van der Waals surface area contributed by atoms with Crippen LogP contribution in [0.15, 0.2) is 6.33 Å². The molecule has 1 aromatic rings.